The van der Waals surface area contributed by atoms with Crippen LogP contribution in [-0.2, 0) is 9.53 Å². The van der Waals surface area contributed by atoms with Crippen LogP contribution in [-0.4, -0.2) is 36.9 Å². The number of Topliss-reactive ketones (excluding diaryl/α,β-unsaturated/α-hetero) is 1. The molecule has 0 aliphatic heterocycles. The number of benzene rings is 1. The van der Waals surface area contributed by atoms with E-state index in [1.807, 2.05) is 13.0 Å². The maximum absolute atomic E-state index is 12.3. The Morgan fingerprint density at radius 1 is 1.16 bits per heavy atom. The van der Waals surface area contributed by atoms with Crippen LogP contribution in [0, 0.1) is 6.92 Å². The molecule has 0 aliphatic rings. The van der Waals surface area contributed by atoms with Crippen molar-refractivity contribution >= 4 is 38.4 Å². The van der Waals surface area contributed by atoms with E-state index in [1.54, 1.807) is 17.4 Å². The number of hydrogen-bond acceptors (Lipinski definition) is 6. The normalized spacial score (nSPS) is 10.9. The number of methoxy groups -OCH3 is 1. The number of carbonyl (C=O) groups excluding carboxylic acids is 2. The third-order valence-electron chi connectivity index (χ3n) is 4.08. The molecule has 6 heteroatoms. The Kier molecular flexibility index (Phi) is 6.93. The first-order valence-corrected chi connectivity index (χ1v) is 9.62. The molecular formula is C19H26N2O3S. The van der Waals surface area contributed by atoms with Crippen LogP contribution in [0.4, 0.5) is 5.13 Å². The van der Waals surface area contributed by atoms with Crippen molar-refractivity contribution in [2.45, 2.75) is 46.5 Å². The van der Waals surface area contributed by atoms with Gasteiger partial charge in [0.05, 0.1) is 22.9 Å². The lowest BCUT2D eigenvalue weighted by Crippen LogP contribution is -2.25. The summed E-state index contributed by atoms with van der Waals surface area (Å²) in [6.07, 6.45) is 4.46. The Balaban J connectivity index is 2.45. The van der Waals surface area contributed by atoms with Crippen LogP contribution in [0.15, 0.2) is 12.1 Å². The minimum absolute atomic E-state index is 0.329. The van der Waals surface area contributed by atoms with Crippen molar-refractivity contribution in [3.8, 4) is 0 Å². The van der Waals surface area contributed by atoms with Gasteiger partial charge < -0.3 is 9.64 Å². The standard InChI is InChI=1S/C19H26N2O3S/c1-5-7-9-21(10-8-6-2)19-20-16-14(17(22)18(23)24-4)11-13(3)12-15(16)25-19/h11-12H,5-10H2,1-4H3. The molecule has 5 nitrogen and oxygen atoms in total. The largest absolute Gasteiger partial charge is 0.463 e. The smallest absolute Gasteiger partial charge is 0.379 e. The van der Waals surface area contributed by atoms with Crippen molar-refractivity contribution in [1.29, 1.82) is 0 Å². The van der Waals surface area contributed by atoms with Crippen molar-refractivity contribution in [3.63, 3.8) is 0 Å². The van der Waals surface area contributed by atoms with Gasteiger partial charge in [-0.3, -0.25) is 4.79 Å². The highest BCUT2D eigenvalue weighted by Crippen LogP contribution is 2.32. The molecule has 0 bridgehead atoms. The van der Waals surface area contributed by atoms with Crippen LogP contribution in [0.3, 0.4) is 0 Å². The third kappa shape index (κ3) is 4.57. The van der Waals surface area contributed by atoms with E-state index >= 15 is 0 Å². The number of rotatable bonds is 9. The number of nitrogens with zero attached hydrogens (tertiary/aromatic N) is 2. The molecule has 25 heavy (non-hydrogen) atoms. The SMILES string of the molecule is CCCCN(CCCC)c1nc2c(C(=O)C(=O)OC)cc(C)cc2s1. The van der Waals surface area contributed by atoms with Gasteiger partial charge in [0, 0.05) is 13.1 Å². The van der Waals surface area contributed by atoms with Crippen LogP contribution < -0.4 is 4.90 Å². The lowest BCUT2D eigenvalue weighted by Gasteiger charge is -2.21. The summed E-state index contributed by atoms with van der Waals surface area (Å²) in [7, 11) is 1.22. The van der Waals surface area contributed by atoms with Gasteiger partial charge in [-0.2, -0.15) is 0 Å². The van der Waals surface area contributed by atoms with Crippen LogP contribution >= 0.6 is 11.3 Å². The fourth-order valence-corrected chi connectivity index (χ4v) is 3.81. The van der Waals surface area contributed by atoms with Gasteiger partial charge in [0.25, 0.3) is 5.78 Å². The number of ketones is 1. The molecule has 0 fully saturated rings. The van der Waals surface area contributed by atoms with E-state index < -0.39 is 11.8 Å². The monoisotopic (exact) mass is 362 g/mol. The second-order valence-corrected chi connectivity index (χ2v) is 7.18. The highest BCUT2D eigenvalue weighted by Gasteiger charge is 2.23. The van der Waals surface area contributed by atoms with E-state index in [9.17, 15) is 9.59 Å². The van der Waals surface area contributed by atoms with E-state index in [0.717, 1.165) is 54.2 Å². The third-order valence-corrected chi connectivity index (χ3v) is 5.14. The molecule has 0 aliphatic carbocycles. The van der Waals surface area contributed by atoms with E-state index in [-0.39, 0.29) is 0 Å². The maximum Gasteiger partial charge on any atom is 0.379 e. The number of thiazole rings is 1. The van der Waals surface area contributed by atoms with Crippen LogP contribution in [0.2, 0.25) is 0 Å². The first-order chi connectivity index (χ1) is 12.0. The lowest BCUT2D eigenvalue weighted by atomic mass is 10.1. The van der Waals surface area contributed by atoms with Crippen LogP contribution in [0.25, 0.3) is 10.2 Å². The van der Waals surface area contributed by atoms with Gasteiger partial charge in [-0.25, -0.2) is 9.78 Å². The topological polar surface area (TPSA) is 59.5 Å². The molecule has 1 aromatic heterocycles. The molecule has 0 saturated heterocycles. The van der Waals surface area contributed by atoms with Crippen molar-refractivity contribution in [2.75, 3.05) is 25.1 Å². The van der Waals surface area contributed by atoms with Gasteiger partial charge in [-0.15, -0.1) is 0 Å². The second-order valence-electron chi connectivity index (χ2n) is 6.17. The number of aryl methyl sites for hydroxylation is 1. The molecule has 0 saturated carbocycles. The zero-order valence-corrected chi connectivity index (χ0v) is 16.2. The average molecular weight is 362 g/mol. The van der Waals surface area contributed by atoms with Gasteiger partial charge in [0.1, 0.15) is 0 Å². The molecule has 0 unspecified atom stereocenters. The molecule has 0 spiro atoms. The summed E-state index contributed by atoms with van der Waals surface area (Å²) in [6, 6.07) is 3.73. The average Bonchev–Trinajstić information content (AvgIpc) is 3.03. The number of aromatic nitrogens is 1. The van der Waals surface area contributed by atoms with E-state index in [4.69, 9.17) is 4.98 Å². The Morgan fingerprint density at radius 2 is 1.80 bits per heavy atom. The fourth-order valence-electron chi connectivity index (χ4n) is 2.67. The molecule has 0 atom stereocenters. The summed E-state index contributed by atoms with van der Waals surface area (Å²) >= 11 is 1.58. The predicted octanol–water partition coefficient (Wildman–Crippen LogP) is 4.37. The Labute approximate surface area is 153 Å². The van der Waals surface area contributed by atoms with Crippen LogP contribution in [0.1, 0.15) is 55.5 Å². The molecule has 0 N–H and O–H groups in total. The van der Waals surface area contributed by atoms with Gasteiger partial charge in [-0.1, -0.05) is 38.0 Å². The summed E-state index contributed by atoms with van der Waals surface area (Å²) in [5, 5.41) is 0.918. The summed E-state index contributed by atoms with van der Waals surface area (Å²) in [5.74, 6) is -1.49. The summed E-state index contributed by atoms with van der Waals surface area (Å²) in [6.45, 7) is 8.17. The fraction of sp³-hybridized carbons (Fsp3) is 0.526. The molecule has 2 rings (SSSR count). The number of esters is 1. The highest BCUT2D eigenvalue weighted by molar-refractivity contribution is 7.22. The summed E-state index contributed by atoms with van der Waals surface area (Å²) in [4.78, 5) is 31.0. The second kappa shape index (κ2) is 8.94. The quantitative estimate of drug-likeness (QED) is 0.377. The number of anilines is 1. The van der Waals surface area contributed by atoms with Gasteiger partial charge in [0.2, 0.25) is 0 Å². The number of carbonyl (C=O) groups is 2. The minimum atomic E-state index is -0.852. The Morgan fingerprint density at radius 3 is 2.36 bits per heavy atom. The summed E-state index contributed by atoms with van der Waals surface area (Å²) < 4.78 is 5.52. The van der Waals surface area contributed by atoms with Gasteiger partial charge in [0.15, 0.2) is 5.13 Å². The Bertz CT molecular complexity index is 746. The van der Waals surface area contributed by atoms with Crippen molar-refractivity contribution in [1.82, 2.24) is 4.98 Å². The van der Waals surface area contributed by atoms with E-state index in [0.29, 0.717) is 11.1 Å². The zero-order valence-electron chi connectivity index (χ0n) is 15.4. The molecule has 0 amide bonds. The Hall–Kier alpha value is -1.95. The zero-order chi connectivity index (χ0) is 18.4. The van der Waals surface area contributed by atoms with Gasteiger partial charge in [-0.05, 0) is 37.5 Å². The molecule has 0 radical (unpaired) electrons. The number of ether oxygens (including phenoxy) is 1. The van der Waals surface area contributed by atoms with Gasteiger partial charge >= 0.3 is 5.97 Å². The number of fused-ring (bicyclic) bond motifs is 1. The first kappa shape index (κ1) is 19.4. The molecule has 136 valence electrons. The lowest BCUT2D eigenvalue weighted by molar-refractivity contribution is -0.135. The predicted molar refractivity (Wildman–Crippen MR) is 103 cm³/mol. The molecule has 1 heterocycles. The van der Waals surface area contributed by atoms with Crippen LogP contribution in [0.5, 0.6) is 0 Å². The summed E-state index contributed by atoms with van der Waals surface area (Å²) in [5.41, 5.74) is 1.86. The van der Waals surface area contributed by atoms with Crippen molar-refractivity contribution in [3.05, 3.63) is 23.3 Å². The number of unbranched alkanes of at least 4 members (excludes halogenated alkanes) is 2. The minimum Gasteiger partial charge on any atom is -0.463 e. The molecular weight excluding hydrogens is 336 g/mol. The van der Waals surface area contributed by atoms with E-state index in [1.165, 1.54) is 7.11 Å². The number of hydrogen-bond donors (Lipinski definition) is 0. The highest BCUT2D eigenvalue weighted by atomic mass is 32.1. The maximum atomic E-state index is 12.3. The van der Waals surface area contributed by atoms with E-state index in [2.05, 4.69) is 23.5 Å². The van der Waals surface area contributed by atoms with Crippen molar-refractivity contribution < 1.29 is 14.3 Å². The first-order valence-electron chi connectivity index (χ1n) is 8.80. The van der Waals surface area contributed by atoms with Crippen molar-refractivity contribution in [2.24, 2.45) is 0 Å². The molecule has 1 aromatic carbocycles. The molecule has 2 aromatic rings.